The van der Waals surface area contributed by atoms with Gasteiger partial charge in [0.15, 0.2) is 17.1 Å². The van der Waals surface area contributed by atoms with Crippen LogP contribution in [-0.4, -0.2) is 46.1 Å². The number of nitrogen functional groups attached to an aromatic ring is 1. The van der Waals surface area contributed by atoms with Crippen molar-refractivity contribution in [2.45, 2.75) is 26.3 Å². The largest absolute Gasteiger partial charge is 0.491 e. The number of fused-ring (bicyclic) bond motifs is 1. The molecule has 0 spiro atoms. The zero-order valence-corrected chi connectivity index (χ0v) is 17.2. The van der Waals surface area contributed by atoms with Gasteiger partial charge in [-0.25, -0.2) is 9.67 Å². The maximum atomic E-state index is 5.84. The van der Waals surface area contributed by atoms with Gasteiger partial charge in [0.05, 0.1) is 45.2 Å². The Hall–Kier alpha value is -2.62. The van der Waals surface area contributed by atoms with Crippen LogP contribution in [0.4, 0.5) is 5.95 Å². The standard InChI is InChI=1S/C17H21BrN6O3/c1-5-6-9-12-15(18)21-17(19)22-16(12)24(23-9)8-10-13(26-3)14(27-4)11(25-2)7-20-10/h7H,5-6,8H2,1-4H3,(H2,19,21,22). The van der Waals surface area contributed by atoms with Gasteiger partial charge in [0, 0.05) is 0 Å². The first-order valence-electron chi connectivity index (χ1n) is 8.36. The topological polar surface area (TPSA) is 110 Å². The molecule has 9 nitrogen and oxygen atoms in total. The number of aromatic nitrogens is 5. The minimum absolute atomic E-state index is 0.172. The Labute approximate surface area is 165 Å². The van der Waals surface area contributed by atoms with Crippen LogP contribution in [0.2, 0.25) is 0 Å². The summed E-state index contributed by atoms with van der Waals surface area (Å²) in [4.78, 5) is 13.0. The fraction of sp³-hybridized carbons (Fsp3) is 0.412. The maximum Gasteiger partial charge on any atom is 0.223 e. The van der Waals surface area contributed by atoms with Crippen LogP contribution in [0.25, 0.3) is 11.0 Å². The lowest BCUT2D eigenvalue weighted by molar-refractivity contribution is 0.318. The van der Waals surface area contributed by atoms with Crippen molar-refractivity contribution in [2.24, 2.45) is 0 Å². The van der Waals surface area contributed by atoms with Crippen LogP contribution in [0.3, 0.4) is 0 Å². The summed E-state index contributed by atoms with van der Waals surface area (Å²) >= 11 is 3.48. The third kappa shape index (κ3) is 3.48. The van der Waals surface area contributed by atoms with E-state index in [1.54, 1.807) is 32.2 Å². The molecule has 27 heavy (non-hydrogen) atoms. The van der Waals surface area contributed by atoms with Gasteiger partial charge in [-0.1, -0.05) is 13.3 Å². The van der Waals surface area contributed by atoms with Crippen LogP contribution in [0.1, 0.15) is 24.7 Å². The Morgan fingerprint density at radius 3 is 2.44 bits per heavy atom. The molecule has 3 rings (SSSR count). The first-order chi connectivity index (χ1) is 13.0. The zero-order valence-electron chi connectivity index (χ0n) is 15.6. The highest BCUT2D eigenvalue weighted by molar-refractivity contribution is 9.10. The highest BCUT2D eigenvalue weighted by Gasteiger charge is 2.21. The number of ether oxygens (including phenoxy) is 3. The molecule has 10 heteroatoms. The lowest BCUT2D eigenvalue weighted by Crippen LogP contribution is -2.09. The van der Waals surface area contributed by atoms with Gasteiger partial charge in [-0.2, -0.15) is 10.1 Å². The number of rotatable bonds is 7. The molecular weight excluding hydrogens is 416 g/mol. The molecule has 3 heterocycles. The van der Waals surface area contributed by atoms with Crippen LogP contribution in [0, 0.1) is 0 Å². The number of anilines is 1. The van der Waals surface area contributed by atoms with E-state index < -0.39 is 0 Å². The Balaban J connectivity index is 2.15. The van der Waals surface area contributed by atoms with Crippen molar-refractivity contribution in [3.8, 4) is 17.2 Å². The SMILES string of the molecule is CCCc1nn(Cc2ncc(OC)c(OC)c2OC)c2nc(N)nc(Br)c12. The highest BCUT2D eigenvalue weighted by atomic mass is 79.9. The van der Waals surface area contributed by atoms with Crippen molar-refractivity contribution in [1.29, 1.82) is 0 Å². The third-order valence-electron chi connectivity index (χ3n) is 4.08. The number of pyridine rings is 1. The predicted molar refractivity (Wildman–Crippen MR) is 104 cm³/mol. The second-order valence-electron chi connectivity index (χ2n) is 5.77. The summed E-state index contributed by atoms with van der Waals surface area (Å²) in [5.74, 6) is 1.62. The summed E-state index contributed by atoms with van der Waals surface area (Å²) in [7, 11) is 4.66. The molecule has 0 aliphatic rings. The van der Waals surface area contributed by atoms with E-state index in [1.807, 2.05) is 0 Å². The molecule has 0 fully saturated rings. The third-order valence-corrected chi connectivity index (χ3v) is 4.66. The molecule has 3 aromatic rings. The second kappa shape index (κ2) is 7.95. The molecular formula is C17H21BrN6O3. The van der Waals surface area contributed by atoms with Gasteiger partial charge >= 0.3 is 0 Å². The molecule has 0 saturated heterocycles. The number of methoxy groups -OCH3 is 3. The number of nitrogens with two attached hydrogens (primary N) is 1. The molecule has 0 amide bonds. The van der Waals surface area contributed by atoms with Gasteiger partial charge in [0.1, 0.15) is 10.3 Å². The molecule has 0 atom stereocenters. The Morgan fingerprint density at radius 2 is 1.81 bits per heavy atom. The number of hydrogen-bond donors (Lipinski definition) is 1. The first-order valence-corrected chi connectivity index (χ1v) is 9.15. The summed E-state index contributed by atoms with van der Waals surface area (Å²) in [6, 6.07) is 0. The fourth-order valence-corrected chi connectivity index (χ4v) is 3.53. The molecule has 0 bridgehead atoms. The van der Waals surface area contributed by atoms with E-state index in [4.69, 9.17) is 25.0 Å². The van der Waals surface area contributed by atoms with Gasteiger partial charge in [-0.3, -0.25) is 4.98 Å². The normalized spacial score (nSPS) is 11.0. The minimum atomic E-state index is 0.172. The van der Waals surface area contributed by atoms with Gasteiger partial charge in [-0.05, 0) is 22.4 Å². The summed E-state index contributed by atoms with van der Waals surface area (Å²) in [5, 5.41) is 5.56. The molecule has 0 aliphatic heterocycles. The van der Waals surface area contributed by atoms with Crippen LogP contribution in [0.5, 0.6) is 17.2 Å². The summed E-state index contributed by atoms with van der Waals surface area (Å²) in [6.45, 7) is 2.42. The summed E-state index contributed by atoms with van der Waals surface area (Å²) < 4.78 is 18.6. The quantitative estimate of drug-likeness (QED) is 0.562. The van der Waals surface area contributed by atoms with Gasteiger partial charge in [-0.15, -0.1) is 0 Å². The van der Waals surface area contributed by atoms with Crippen molar-refractivity contribution >= 4 is 32.9 Å². The number of halogens is 1. The van der Waals surface area contributed by atoms with E-state index in [0.29, 0.717) is 39.7 Å². The molecule has 0 radical (unpaired) electrons. The minimum Gasteiger partial charge on any atom is -0.491 e. The van der Waals surface area contributed by atoms with Gasteiger partial charge < -0.3 is 19.9 Å². The van der Waals surface area contributed by atoms with E-state index >= 15 is 0 Å². The molecule has 0 aliphatic carbocycles. The Morgan fingerprint density at radius 1 is 1.07 bits per heavy atom. The molecule has 2 N–H and O–H groups in total. The van der Waals surface area contributed by atoms with Gasteiger partial charge in [0.25, 0.3) is 0 Å². The zero-order chi connectivity index (χ0) is 19.6. The molecule has 3 aromatic heterocycles. The molecule has 0 aromatic carbocycles. The van der Waals surface area contributed by atoms with Crippen molar-refractivity contribution in [2.75, 3.05) is 27.1 Å². The summed E-state index contributed by atoms with van der Waals surface area (Å²) in [6.07, 6.45) is 3.33. The predicted octanol–water partition coefficient (Wildman–Crippen LogP) is 2.59. The van der Waals surface area contributed by atoms with Crippen LogP contribution in [-0.2, 0) is 13.0 Å². The van der Waals surface area contributed by atoms with Crippen LogP contribution in [0.15, 0.2) is 10.8 Å². The van der Waals surface area contributed by atoms with E-state index in [0.717, 1.165) is 23.9 Å². The molecule has 0 saturated carbocycles. The maximum absolute atomic E-state index is 5.84. The average Bonchev–Trinajstić information content (AvgIpc) is 2.98. The lowest BCUT2D eigenvalue weighted by Gasteiger charge is -2.15. The number of aryl methyl sites for hydroxylation is 1. The van der Waals surface area contributed by atoms with Crippen molar-refractivity contribution in [1.82, 2.24) is 24.7 Å². The van der Waals surface area contributed by atoms with Crippen LogP contribution < -0.4 is 19.9 Å². The van der Waals surface area contributed by atoms with E-state index in [1.165, 1.54) is 0 Å². The monoisotopic (exact) mass is 436 g/mol. The van der Waals surface area contributed by atoms with Gasteiger partial charge in [0.2, 0.25) is 11.7 Å². The van der Waals surface area contributed by atoms with Crippen molar-refractivity contribution < 1.29 is 14.2 Å². The highest BCUT2D eigenvalue weighted by Crippen LogP contribution is 2.39. The van der Waals surface area contributed by atoms with E-state index in [9.17, 15) is 0 Å². The Kier molecular flexibility index (Phi) is 5.64. The van der Waals surface area contributed by atoms with Crippen molar-refractivity contribution in [3.05, 3.63) is 22.2 Å². The molecule has 144 valence electrons. The second-order valence-corrected chi connectivity index (χ2v) is 6.52. The summed E-state index contributed by atoms with van der Waals surface area (Å²) in [5.41, 5.74) is 8.01. The fourth-order valence-electron chi connectivity index (χ4n) is 2.94. The first kappa shape index (κ1) is 19.2. The van der Waals surface area contributed by atoms with E-state index in [-0.39, 0.29) is 5.95 Å². The number of hydrogen-bond acceptors (Lipinski definition) is 8. The Bertz CT molecular complexity index is 975. The molecule has 0 unspecified atom stereocenters. The van der Waals surface area contributed by atoms with Crippen LogP contribution >= 0.6 is 15.9 Å². The smallest absolute Gasteiger partial charge is 0.223 e. The van der Waals surface area contributed by atoms with E-state index in [2.05, 4.69) is 37.8 Å². The lowest BCUT2D eigenvalue weighted by atomic mass is 10.2. The van der Waals surface area contributed by atoms with Crippen molar-refractivity contribution in [3.63, 3.8) is 0 Å². The number of nitrogens with zero attached hydrogens (tertiary/aromatic N) is 5. The average molecular weight is 437 g/mol.